The summed E-state index contributed by atoms with van der Waals surface area (Å²) in [6.45, 7) is 4.52. The number of thiocarbonyl (C=S) groups is 1. The van der Waals surface area contributed by atoms with Gasteiger partial charge in [-0.25, -0.2) is 0 Å². The minimum atomic E-state index is -0.347. The molecular formula is C18H23N3O2S. The van der Waals surface area contributed by atoms with Crippen LogP contribution >= 0.6 is 12.2 Å². The number of furan rings is 1. The molecule has 3 N–H and O–H groups in total. The van der Waals surface area contributed by atoms with Gasteiger partial charge in [0.15, 0.2) is 10.9 Å². The van der Waals surface area contributed by atoms with Crippen molar-refractivity contribution < 1.29 is 9.21 Å². The van der Waals surface area contributed by atoms with Gasteiger partial charge in [0.05, 0.1) is 0 Å². The second kappa shape index (κ2) is 7.21. The summed E-state index contributed by atoms with van der Waals surface area (Å²) in [4.78, 5) is 12.2. The standard InChI is InChI=1S/C18H23N3O2S/c1-11-6-5-8-14(12(11)2)19-18(24)21-20-17(22)16-10-13-7-3-4-9-15(13)23-16/h3-4,7,9-12,14H,5-6,8H2,1-2H3,(H,20,22)(H2,19,21,24)/t11-,12-,14-/m1/s1. The van der Waals surface area contributed by atoms with Gasteiger partial charge >= 0.3 is 5.91 Å². The Balaban J connectivity index is 1.53. The SMILES string of the molecule is C[C@@H]1[C@H](C)CCC[C@H]1NC(=S)NNC(=O)c1cc2ccccc2o1. The molecule has 0 saturated heterocycles. The summed E-state index contributed by atoms with van der Waals surface area (Å²) in [6.07, 6.45) is 3.57. The normalized spacial score (nSPS) is 23.7. The van der Waals surface area contributed by atoms with Crippen molar-refractivity contribution in [2.75, 3.05) is 0 Å². The van der Waals surface area contributed by atoms with Crippen molar-refractivity contribution in [3.05, 3.63) is 36.1 Å². The first-order valence-electron chi connectivity index (χ1n) is 8.40. The van der Waals surface area contributed by atoms with Crippen LogP contribution in [0.1, 0.15) is 43.7 Å². The second-order valence-corrected chi connectivity index (χ2v) is 6.98. The Bertz CT molecular complexity index is 710. The summed E-state index contributed by atoms with van der Waals surface area (Å²) in [7, 11) is 0. The first-order chi connectivity index (χ1) is 11.5. The van der Waals surface area contributed by atoms with Crippen molar-refractivity contribution in [3.8, 4) is 0 Å². The zero-order valence-corrected chi connectivity index (χ0v) is 14.8. The quantitative estimate of drug-likeness (QED) is 0.575. The van der Waals surface area contributed by atoms with E-state index >= 15 is 0 Å². The predicted molar refractivity (Wildman–Crippen MR) is 98.5 cm³/mol. The van der Waals surface area contributed by atoms with E-state index in [-0.39, 0.29) is 11.7 Å². The molecule has 0 aliphatic heterocycles. The number of para-hydroxylation sites is 1. The van der Waals surface area contributed by atoms with E-state index in [0.29, 0.717) is 28.6 Å². The molecule has 2 aromatic rings. The lowest BCUT2D eigenvalue weighted by Crippen LogP contribution is -2.52. The Kier molecular flexibility index (Phi) is 5.04. The van der Waals surface area contributed by atoms with Gasteiger partial charge in [-0.05, 0) is 42.6 Å². The monoisotopic (exact) mass is 345 g/mol. The number of hydrazine groups is 1. The van der Waals surface area contributed by atoms with Crippen LogP contribution < -0.4 is 16.2 Å². The zero-order chi connectivity index (χ0) is 17.1. The number of rotatable bonds is 2. The molecule has 1 saturated carbocycles. The average Bonchev–Trinajstić information content (AvgIpc) is 3.01. The van der Waals surface area contributed by atoms with Crippen LogP contribution in [0.2, 0.25) is 0 Å². The molecule has 24 heavy (non-hydrogen) atoms. The third-order valence-electron chi connectivity index (χ3n) is 4.96. The largest absolute Gasteiger partial charge is 0.451 e. The van der Waals surface area contributed by atoms with Gasteiger partial charge in [-0.15, -0.1) is 0 Å². The molecule has 3 atom stereocenters. The van der Waals surface area contributed by atoms with Crippen molar-refractivity contribution >= 4 is 34.2 Å². The Labute approximate surface area is 147 Å². The van der Waals surface area contributed by atoms with E-state index in [1.165, 1.54) is 12.8 Å². The Morgan fingerprint density at radius 3 is 2.79 bits per heavy atom. The van der Waals surface area contributed by atoms with Crippen molar-refractivity contribution in [2.45, 2.75) is 39.2 Å². The van der Waals surface area contributed by atoms with Gasteiger partial charge in [0.2, 0.25) is 0 Å². The van der Waals surface area contributed by atoms with E-state index in [1.54, 1.807) is 6.07 Å². The third kappa shape index (κ3) is 3.70. The van der Waals surface area contributed by atoms with E-state index in [4.69, 9.17) is 16.6 Å². The molecule has 0 unspecified atom stereocenters. The molecule has 0 spiro atoms. The second-order valence-electron chi connectivity index (χ2n) is 6.57. The Morgan fingerprint density at radius 1 is 1.21 bits per heavy atom. The van der Waals surface area contributed by atoms with Gasteiger partial charge in [0, 0.05) is 11.4 Å². The fourth-order valence-electron chi connectivity index (χ4n) is 3.26. The number of fused-ring (bicyclic) bond motifs is 1. The number of benzene rings is 1. The van der Waals surface area contributed by atoms with Crippen molar-refractivity contribution in [1.82, 2.24) is 16.2 Å². The molecule has 0 radical (unpaired) electrons. The average molecular weight is 345 g/mol. The minimum absolute atomic E-state index is 0.256. The fourth-order valence-corrected chi connectivity index (χ4v) is 3.46. The highest BCUT2D eigenvalue weighted by Crippen LogP contribution is 2.29. The zero-order valence-electron chi connectivity index (χ0n) is 14.0. The van der Waals surface area contributed by atoms with E-state index < -0.39 is 0 Å². The highest BCUT2D eigenvalue weighted by molar-refractivity contribution is 7.80. The molecule has 1 aliphatic rings. The van der Waals surface area contributed by atoms with Crippen LogP contribution in [-0.2, 0) is 0 Å². The maximum Gasteiger partial charge on any atom is 0.305 e. The van der Waals surface area contributed by atoms with Gasteiger partial charge < -0.3 is 9.73 Å². The smallest absolute Gasteiger partial charge is 0.305 e. The molecule has 1 amide bonds. The topological polar surface area (TPSA) is 66.3 Å². The number of carbonyl (C=O) groups excluding carboxylic acids is 1. The molecular weight excluding hydrogens is 322 g/mol. The number of hydrogen-bond donors (Lipinski definition) is 3. The molecule has 5 nitrogen and oxygen atoms in total. The van der Waals surface area contributed by atoms with Crippen LogP contribution in [0, 0.1) is 11.8 Å². The van der Waals surface area contributed by atoms with Crippen LogP contribution in [0.15, 0.2) is 34.7 Å². The van der Waals surface area contributed by atoms with Gasteiger partial charge in [0.1, 0.15) is 5.58 Å². The van der Waals surface area contributed by atoms with E-state index in [0.717, 1.165) is 11.8 Å². The van der Waals surface area contributed by atoms with E-state index in [2.05, 4.69) is 30.0 Å². The third-order valence-corrected chi connectivity index (χ3v) is 5.18. The number of nitrogens with one attached hydrogen (secondary N) is 3. The van der Waals surface area contributed by atoms with Crippen molar-refractivity contribution in [1.29, 1.82) is 0 Å². The summed E-state index contributed by atoms with van der Waals surface area (Å²) >= 11 is 5.29. The van der Waals surface area contributed by atoms with Crippen LogP contribution in [0.3, 0.4) is 0 Å². The summed E-state index contributed by atoms with van der Waals surface area (Å²) in [6, 6.07) is 9.57. The fraction of sp³-hybridized carbons (Fsp3) is 0.444. The summed E-state index contributed by atoms with van der Waals surface area (Å²) in [5.41, 5.74) is 6.05. The number of carbonyl (C=O) groups is 1. The minimum Gasteiger partial charge on any atom is -0.451 e. The molecule has 1 aliphatic carbocycles. The molecule has 3 rings (SSSR count). The molecule has 1 aromatic heterocycles. The maximum absolute atomic E-state index is 12.2. The lowest BCUT2D eigenvalue weighted by Gasteiger charge is -2.35. The van der Waals surface area contributed by atoms with Gasteiger partial charge in [-0.1, -0.05) is 44.9 Å². The van der Waals surface area contributed by atoms with E-state index in [1.807, 2.05) is 24.3 Å². The van der Waals surface area contributed by atoms with E-state index in [9.17, 15) is 4.79 Å². The molecule has 6 heteroatoms. The molecule has 128 valence electrons. The number of amides is 1. The van der Waals surface area contributed by atoms with Crippen LogP contribution in [0.4, 0.5) is 0 Å². The Hall–Kier alpha value is -2.08. The van der Waals surface area contributed by atoms with Gasteiger partial charge in [0.25, 0.3) is 0 Å². The summed E-state index contributed by atoms with van der Waals surface area (Å²) in [5, 5.41) is 4.64. The van der Waals surface area contributed by atoms with Crippen molar-refractivity contribution in [2.24, 2.45) is 11.8 Å². The first-order valence-corrected chi connectivity index (χ1v) is 8.81. The van der Waals surface area contributed by atoms with Gasteiger partial charge in [-0.3, -0.25) is 15.6 Å². The predicted octanol–water partition coefficient (Wildman–Crippen LogP) is 3.37. The lowest BCUT2D eigenvalue weighted by atomic mass is 9.78. The Morgan fingerprint density at radius 2 is 2.00 bits per heavy atom. The lowest BCUT2D eigenvalue weighted by molar-refractivity contribution is 0.0917. The van der Waals surface area contributed by atoms with Crippen LogP contribution in [-0.4, -0.2) is 17.1 Å². The van der Waals surface area contributed by atoms with Crippen molar-refractivity contribution in [3.63, 3.8) is 0 Å². The summed E-state index contributed by atoms with van der Waals surface area (Å²) in [5.74, 6) is 1.15. The molecule has 0 bridgehead atoms. The van der Waals surface area contributed by atoms with Crippen LogP contribution in [0.5, 0.6) is 0 Å². The highest BCUT2D eigenvalue weighted by Gasteiger charge is 2.27. The first kappa shape index (κ1) is 16.8. The molecule has 1 heterocycles. The number of hydrogen-bond acceptors (Lipinski definition) is 3. The van der Waals surface area contributed by atoms with Crippen LogP contribution in [0.25, 0.3) is 11.0 Å². The van der Waals surface area contributed by atoms with Gasteiger partial charge in [-0.2, -0.15) is 0 Å². The molecule has 1 aromatic carbocycles. The maximum atomic E-state index is 12.2. The summed E-state index contributed by atoms with van der Waals surface area (Å²) < 4.78 is 5.53. The highest BCUT2D eigenvalue weighted by atomic mass is 32.1. The molecule has 1 fully saturated rings.